The van der Waals surface area contributed by atoms with Crippen molar-refractivity contribution >= 4 is 38.2 Å². The van der Waals surface area contributed by atoms with E-state index < -0.39 is 28.3 Å². The minimum Gasteiger partial charge on any atom is -0.394 e. The lowest BCUT2D eigenvalue weighted by Crippen LogP contribution is -2.30. The first-order valence-electron chi connectivity index (χ1n) is 13.0. The van der Waals surface area contributed by atoms with Gasteiger partial charge in [-0.25, -0.2) is 8.42 Å². The second-order valence-corrected chi connectivity index (χ2v) is 11.6. The smallest absolute Gasteiger partial charge is 0.251 e. The lowest BCUT2D eigenvalue weighted by atomic mass is 10.0. The van der Waals surface area contributed by atoms with Gasteiger partial charge in [0.25, 0.3) is 5.91 Å². The molecule has 0 aliphatic carbocycles. The second kappa shape index (κ2) is 11.1. The van der Waals surface area contributed by atoms with E-state index in [2.05, 4.69) is 5.32 Å². The van der Waals surface area contributed by atoms with Gasteiger partial charge in [-0.1, -0.05) is 36.7 Å². The molecule has 0 spiro atoms. The number of aromatic nitrogens is 1. The Morgan fingerprint density at radius 2 is 1.81 bits per heavy atom. The molecule has 0 aliphatic rings. The van der Waals surface area contributed by atoms with Crippen LogP contribution in [-0.2, 0) is 22.8 Å². The fourth-order valence-electron chi connectivity index (χ4n) is 4.41. The minimum absolute atomic E-state index is 0.0165. The van der Waals surface area contributed by atoms with Gasteiger partial charge < -0.3 is 15.0 Å². The molecular weight excluding hydrogens is 508 g/mol. The molecule has 0 fully saturated rings. The summed E-state index contributed by atoms with van der Waals surface area (Å²) in [5.74, 6) is -0.430. The van der Waals surface area contributed by atoms with Crippen LogP contribution in [-0.4, -0.2) is 36.4 Å². The van der Waals surface area contributed by atoms with Crippen molar-refractivity contribution in [1.82, 2.24) is 9.88 Å². The van der Waals surface area contributed by atoms with Crippen LogP contribution in [0.1, 0.15) is 55.4 Å². The van der Waals surface area contributed by atoms with E-state index in [0.717, 1.165) is 16.8 Å². The number of aliphatic hydroxyl groups is 1. The average Bonchev–Trinajstić information content (AvgIpc) is 3.26. The van der Waals surface area contributed by atoms with E-state index in [1.165, 1.54) is 19.1 Å². The Bertz CT molecular complexity index is 1630. The van der Waals surface area contributed by atoms with Crippen molar-refractivity contribution in [3.8, 4) is 0 Å². The Hall–Kier alpha value is -3.13. The number of hydrogen-bond donors (Lipinski definition) is 2. The molecule has 1 heterocycles. The zero-order valence-electron chi connectivity index (χ0n) is 23.0. The highest BCUT2D eigenvalue weighted by molar-refractivity contribution is 7.91. The molecule has 0 saturated carbocycles. The molecule has 0 saturated heterocycles. The van der Waals surface area contributed by atoms with E-state index in [-0.39, 0.29) is 17.3 Å². The Balaban J connectivity index is 1.63. The van der Waals surface area contributed by atoms with Gasteiger partial charge >= 0.3 is 0 Å². The number of nitrogens with zero attached hydrogens (tertiary/aromatic N) is 1. The molecule has 8 heteroatoms. The van der Waals surface area contributed by atoms with Gasteiger partial charge in [0.05, 0.1) is 23.3 Å². The fourth-order valence-corrected chi connectivity index (χ4v) is 5.52. The van der Waals surface area contributed by atoms with Gasteiger partial charge in [0.2, 0.25) is 0 Å². The Kier molecular flexibility index (Phi) is 7.26. The van der Waals surface area contributed by atoms with Gasteiger partial charge in [-0.15, -0.1) is 0 Å². The van der Waals surface area contributed by atoms with Crippen molar-refractivity contribution in [2.24, 2.45) is 0 Å². The van der Waals surface area contributed by atoms with Crippen LogP contribution in [0.25, 0.3) is 10.9 Å². The molecule has 194 valence electrons. The number of hydrogen-bond acceptors (Lipinski definition) is 4. The van der Waals surface area contributed by atoms with Crippen LogP contribution in [0.3, 0.4) is 0 Å². The number of carbonyl (C=O) groups excluding carboxylic acids is 1. The van der Waals surface area contributed by atoms with Crippen molar-refractivity contribution in [3.63, 3.8) is 0 Å². The number of rotatable bonds is 9. The van der Waals surface area contributed by atoms with Crippen LogP contribution in [0.5, 0.6) is 0 Å². The highest BCUT2D eigenvalue weighted by Crippen LogP contribution is 2.26. The molecule has 3 aromatic carbocycles. The molecule has 0 bridgehead atoms. The summed E-state index contributed by atoms with van der Waals surface area (Å²) in [5.41, 5.74) is 4.38. The largest absolute Gasteiger partial charge is 0.394 e. The summed E-state index contributed by atoms with van der Waals surface area (Å²) >= 11 is 6.11. The first-order valence-corrected chi connectivity index (χ1v) is 14.0. The Morgan fingerprint density at radius 3 is 2.43 bits per heavy atom. The van der Waals surface area contributed by atoms with E-state index in [1.54, 1.807) is 41.8 Å². The topological polar surface area (TPSA) is 88.4 Å². The number of sulfone groups is 1. The molecule has 0 radical (unpaired) electrons. The number of amides is 1. The van der Waals surface area contributed by atoms with E-state index in [0.29, 0.717) is 33.5 Å². The van der Waals surface area contributed by atoms with Crippen molar-refractivity contribution in [1.29, 1.82) is 0 Å². The number of benzene rings is 3. The minimum atomic E-state index is -3.36. The molecule has 4 aromatic rings. The average molecular weight is 541 g/mol. The highest BCUT2D eigenvalue weighted by atomic mass is 35.5. The molecule has 1 amide bonds. The number of aliphatic hydroxyl groups excluding tert-OH is 1. The Morgan fingerprint density at radius 1 is 1.08 bits per heavy atom. The third-order valence-electron chi connectivity index (χ3n) is 6.55. The number of aryl methyl sites for hydroxylation is 2. The predicted octanol–water partition coefficient (Wildman–Crippen LogP) is 5.47. The normalized spacial score (nSPS) is 13.8. The third kappa shape index (κ3) is 5.74. The van der Waals surface area contributed by atoms with Crippen molar-refractivity contribution in [3.05, 3.63) is 99.7 Å². The van der Waals surface area contributed by atoms with Crippen molar-refractivity contribution < 1.29 is 21.1 Å². The summed E-state index contributed by atoms with van der Waals surface area (Å²) in [6.45, 7) is 2.98. The van der Waals surface area contributed by atoms with Gasteiger partial charge in [-0.3, -0.25) is 4.79 Å². The lowest BCUT2D eigenvalue weighted by molar-refractivity contribution is 0.0916. The predicted molar refractivity (Wildman–Crippen MR) is 148 cm³/mol. The molecular formula is C29H31ClN2O4S. The molecule has 0 unspecified atom stereocenters. The molecule has 1 aromatic heterocycles. The fraction of sp³-hybridized carbons (Fsp3) is 0.276. The summed E-state index contributed by atoms with van der Waals surface area (Å²) in [5, 5.41) is 14.1. The third-order valence-corrected chi connectivity index (χ3v) is 8.53. The maximum Gasteiger partial charge on any atom is 0.251 e. The van der Waals surface area contributed by atoms with Gasteiger partial charge in [0, 0.05) is 42.8 Å². The molecule has 37 heavy (non-hydrogen) atoms. The van der Waals surface area contributed by atoms with E-state index in [1.807, 2.05) is 31.2 Å². The van der Waals surface area contributed by atoms with Gasteiger partial charge in [0.15, 0.2) is 9.84 Å². The maximum atomic E-state index is 13.1. The number of carbonyl (C=O) groups is 1. The number of halogens is 1. The van der Waals surface area contributed by atoms with Gasteiger partial charge in [-0.2, -0.15) is 0 Å². The van der Waals surface area contributed by atoms with Gasteiger partial charge in [0.1, 0.15) is 0 Å². The summed E-state index contributed by atoms with van der Waals surface area (Å²) in [7, 11) is -3.36. The zero-order valence-corrected chi connectivity index (χ0v) is 22.5. The molecule has 1 atom stereocenters. The highest BCUT2D eigenvalue weighted by Gasteiger charge is 2.18. The summed E-state index contributed by atoms with van der Waals surface area (Å²) < 4.78 is 42.7. The van der Waals surface area contributed by atoms with E-state index >= 15 is 0 Å². The molecule has 0 aliphatic heterocycles. The monoisotopic (exact) mass is 540 g/mol. The standard InChI is InChI=1S/C29H31ClN2O4S/c1-4-32-25(16-21-6-10-24(30)14-19(21)3)17-23-15-22(9-13-28(23)32)29(34)31-27(18-33)20-7-11-26(12-8-20)37(35,36)5-2/h6-15,17,27,33H,4-5,16,18H2,1-3H3,(H,31,34)/t27-/m0/s1/i4D2. The van der Waals surface area contributed by atoms with Crippen LogP contribution in [0, 0.1) is 6.92 Å². The molecule has 2 N–H and O–H groups in total. The summed E-state index contributed by atoms with van der Waals surface area (Å²) in [6, 6.07) is 17.9. The van der Waals surface area contributed by atoms with Crippen molar-refractivity contribution in [2.45, 2.75) is 44.6 Å². The Labute approximate surface area is 225 Å². The first-order chi connectivity index (χ1) is 18.3. The molecule has 4 rings (SSSR count). The number of nitrogens with one attached hydrogen (secondary N) is 1. The van der Waals surface area contributed by atoms with Crippen LogP contribution in [0.15, 0.2) is 71.6 Å². The zero-order chi connectivity index (χ0) is 28.5. The van der Waals surface area contributed by atoms with Gasteiger partial charge in [-0.05, 0) is 79.1 Å². The van der Waals surface area contributed by atoms with Crippen LogP contribution in [0.4, 0.5) is 0 Å². The van der Waals surface area contributed by atoms with Crippen LogP contribution < -0.4 is 5.32 Å². The van der Waals surface area contributed by atoms with E-state index in [9.17, 15) is 18.3 Å². The van der Waals surface area contributed by atoms with Crippen LogP contribution in [0.2, 0.25) is 5.02 Å². The van der Waals surface area contributed by atoms with E-state index in [4.69, 9.17) is 14.3 Å². The summed E-state index contributed by atoms with van der Waals surface area (Å²) in [4.78, 5) is 13.3. The quantitative estimate of drug-likeness (QED) is 0.294. The lowest BCUT2D eigenvalue weighted by Gasteiger charge is -2.17. The maximum absolute atomic E-state index is 13.1. The second-order valence-electron chi connectivity index (χ2n) is 8.90. The van der Waals surface area contributed by atoms with Crippen LogP contribution >= 0.6 is 11.6 Å². The summed E-state index contributed by atoms with van der Waals surface area (Å²) in [6.07, 6.45) is 0.489. The first kappa shape index (κ1) is 24.2. The van der Waals surface area contributed by atoms with Crippen molar-refractivity contribution in [2.75, 3.05) is 12.4 Å². The number of fused-ring (bicyclic) bond motifs is 1. The molecule has 6 nitrogen and oxygen atoms in total. The SMILES string of the molecule is [2H]C([2H])(C)n1c(Cc2ccc(Cl)cc2C)cc2cc(C(=O)N[C@@H](CO)c3ccc(S(=O)(=O)CC)cc3)ccc21.